The van der Waals surface area contributed by atoms with Crippen LogP contribution in [0.3, 0.4) is 0 Å². The van der Waals surface area contributed by atoms with Gasteiger partial charge in [0.1, 0.15) is 5.76 Å². The zero-order valence-corrected chi connectivity index (χ0v) is 11.4. The van der Waals surface area contributed by atoms with E-state index in [1.54, 1.807) is 6.26 Å². The van der Waals surface area contributed by atoms with Crippen LogP contribution in [0.25, 0.3) is 0 Å². The van der Waals surface area contributed by atoms with Gasteiger partial charge in [0.05, 0.1) is 18.8 Å². The van der Waals surface area contributed by atoms with E-state index in [1.165, 1.54) is 0 Å². The first-order chi connectivity index (χ1) is 8.52. The second-order valence-electron chi connectivity index (χ2n) is 4.57. The number of amides is 1. The summed E-state index contributed by atoms with van der Waals surface area (Å²) < 4.78 is 5.25. The van der Waals surface area contributed by atoms with Crippen molar-refractivity contribution in [3.05, 3.63) is 36.3 Å². The lowest BCUT2D eigenvalue weighted by Gasteiger charge is -2.21. The van der Waals surface area contributed by atoms with Crippen molar-refractivity contribution in [2.45, 2.75) is 26.8 Å². The fourth-order valence-electron chi connectivity index (χ4n) is 1.76. The predicted octanol–water partition coefficient (Wildman–Crippen LogP) is 2.35. The Kier molecular flexibility index (Phi) is 5.65. The first kappa shape index (κ1) is 14.5. The zero-order chi connectivity index (χ0) is 13.5. The second-order valence-corrected chi connectivity index (χ2v) is 4.57. The molecule has 0 radical (unpaired) electrons. The number of rotatable bonds is 7. The lowest BCUT2D eigenvalue weighted by Crippen LogP contribution is -2.38. The Morgan fingerprint density at radius 1 is 1.56 bits per heavy atom. The average molecular weight is 250 g/mol. The number of hydrogen-bond donors (Lipinski definition) is 1. The minimum Gasteiger partial charge on any atom is -0.467 e. The van der Waals surface area contributed by atoms with Crippen LogP contribution in [-0.2, 0) is 4.79 Å². The number of nitrogens with zero attached hydrogens (tertiary/aromatic N) is 1. The summed E-state index contributed by atoms with van der Waals surface area (Å²) in [5.74, 6) is 0.772. The van der Waals surface area contributed by atoms with Gasteiger partial charge in [0, 0.05) is 6.54 Å². The van der Waals surface area contributed by atoms with E-state index in [9.17, 15) is 4.79 Å². The topological polar surface area (TPSA) is 45.5 Å². The highest BCUT2D eigenvalue weighted by molar-refractivity contribution is 5.78. The number of carbonyl (C=O) groups is 1. The molecular weight excluding hydrogens is 228 g/mol. The SMILES string of the molecule is C=C(C)CN(CC)CC(=O)NC(C)c1ccco1. The van der Waals surface area contributed by atoms with Gasteiger partial charge in [-0.15, -0.1) is 0 Å². The lowest BCUT2D eigenvalue weighted by atomic mass is 10.2. The van der Waals surface area contributed by atoms with Gasteiger partial charge in [0.15, 0.2) is 0 Å². The zero-order valence-electron chi connectivity index (χ0n) is 11.4. The standard InChI is InChI=1S/C14H22N2O2/c1-5-16(9-11(2)3)10-14(17)15-12(4)13-7-6-8-18-13/h6-8,12H,2,5,9-10H2,1,3-4H3,(H,15,17). The van der Waals surface area contributed by atoms with Crippen molar-refractivity contribution in [3.8, 4) is 0 Å². The van der Waals surface area contributed by atoms with Crippen molar-refractivity contribution >= 4 is 5.91 Å². The highest BCUT2D eigenvalue weighted by Crippen LogP contribution is 2.11. The van der Waals surface area contributed by atoms with E-state index in [0.717, 1.165) is 24.4 Å². The van der Waals surface area contributed by atoms with E-state index < -0.39 is 0 Å². The third kappa shape index (κ3) is 4.75. The van der Waals surface area contributed by atoms with Gasteiger partial charge in [-0.2, -0.15) is 0 Å². The molecule has 4 heteroatoms. The van der Waals surface area contributed by atoms with Gasteiger partial charge in [0.2, 0.25) is 5.91 Å². The normalized spacial score (nSPS) is 12.4. The Bertz CT molecular complexity index is 385. The maximum Gasteiger partial charge on any atom is 0.234 e. The van der Waals surface area contributed by atoms with Gasteiger partial charge in [-0.05, 0) is 32.5 Å². The predicted molar refractivity (Wildman–Crippen MR) is 72.2 cm³/mol. The van der Waals surface area contributed by atoms with Crippen LogP contribution < -0.4 is 5.32 Å². The molecule has 0 aliphatic carbocycles. The van der Waals surface area contributed by atoms with Crippen LogP contribution >= 0.6 is 0 Å². The summed E-state index contributed by atoms with van der Waals surface area (Å²) in [6.45, 7) is 11.7. The molecule has 0 aliphatic rings. The van der Waals surface area contributed by atoms with E-state index in [4.69, 9.17) is 4.42 Å². The largest absolute Gasteiger partial charge is 0.467 e. The summed E-state index contributed by atoms with van der Waals surface area (Å²) in [5, 5.41) is 2.92. The van der Waals surface area contributed by atoms with E-state index in [2.05, 4.69) is 11.9 Å². The highest BCUT2D eigenvalue weighted by Gasteiger charge is 2.14. The molecule has 0 aromatic carbocycles. The molecule has 1 heterocycles. The van der Waals surface area contributed by atoms with Gasteiger partial charge < -0.3 is 9.73 Å². The first-order valence-electron chi connectivity index (χ1n) is 6.22. The molecule has 0 spiro atoms. The molecule has 0 saturated carbocycles. The van der Waals surface area contributed by atoms with Crippen LogP contribution in [0, 0.1) is 0 Å². The van der Waals surface area contributed by atoms with Gasteiger partial charge >= 0.3 is 0 Å². The smallest absolute Gasteiger partial charge is 0.234 e. The molecule has 100 valence electrons. The molecule has 18 heavy (non-hydrogen) atoms. The maximum absolute atomic E-state index is 11.9. The van der Waals surface area contributed by atoms with Gasteiger partial charge in [0.25, 0.3) is 0 Å². The summed E-state index contributed by atoms with van der Waals surface area (Å²) in [7, 11) is 0. The highest BCUT2D eigenvalue weighted by atomic mass is 16.3. The van der Waals surface area contributed by atoms with Crippen molar-refractivity contribution < 1.29 is 9.21 Å². The Morgan fingerprint density at radius 3 is 2.78 bits per heavy atom. The molecule has 1 rings (SSSR count). The number of nitrogens with one attached hydrogen (secondary N) is 1. The molecule has 1 N–H and O–H groups in total. The molecule has 1 aromatic rings. The number of carbonyl (C=O) groups excluding carboxylic acids is 1. The first-order valence-corrected chi connectivity index (χ1v) is 6.22. The summed E-state index contributed by atoms with van der Waals surface area (Å²) in [4.78, 5) is 13.9. The van der Waals surface area contributed by atoms with Crippen molar-refractivity contribution in [1.29, 1.82) is 0 Å². The molecule has 1 atom stereocenters. The van der Waals surface area contributed by atoms with E-state index in [-0.39, 0.29) is 11.9 Å². The molecule has 0 saturated heterocycles. The van der Waals surface area contributed by atoms with Crippen LogP contribution in [0.4, 0.5) is 0 Å². The van der Waals surface area contributed by atoms with Crippen LogP contribution in [0.15, 0.2) is 35.0 Å². The summed E-state index contributed by atoms with van der Waals surface area (Å²) >= 11 is 0. The lowest BCUT2D eigenvalue weighted by molar-refractivity contribution is -0.122. The molecule has 0 bridgehead atoms. The van der Waals surface area contributed by atoms with Crippen molar-refractivity contribution in [1.82, 2.24) is 10.2 Å². The van der Waals surface area contributed by atoms with Gasteiger partial charge in [-0.25, -0.2) is 0 Å². The Labute approximate surface area is 109 Å². The third-order valence-corrected chi connectivity index (χ3v) is 2.66. The number of likely N-dealkylation sites (N-methyl/N-ethyl adjacent to an activating group) is 1. The minimum absolute atomic E-state index is 0.00185. The summed E-state index contributed by atoms with van der Waals surface area (Å²) in [6.07, 6.45) is 1.61. The minimum atomic E-state index is -0.101. The van der Waals surface area contributed by atoms with E-state index in [0.29, 0.717) is 6.54 Å². The summed E-state index contributed by atoms with van der Waals surface area (Å²) in [5.41, 5.74) is 1.06. The summed E-state index contributed by atoms with van der Waals surface area (Å²) in [6, 6.07) is 3.57. The van der Waals surface area contributed by atoms with Crippen LogP contribution in [0.1, 0.15) is 32.6 Å². The molecule has 4 nitrogen and oxygen atoms in total. The maximum atomic E-state index is 11.9. The van der Waals surface area contributed by atoms with Gasteiger partial charge in [-0.3, -0.25) is 9.69 Å². The number of furan rings is 1. The Hall–Kier alpha value is -1.55. The van der Waals surface area contributed by atoms with E-state index >= 15 is 0 Å². The van der Waals surface area contributed by atoms with Crippen molar-refractivity contribution in [3.63, 3.8) is 0 Å². The Balaban J connectivity index is 2.43. The van der Waals surface area contributed by atoms with Crippen LogP contribution in [-0.4, -0.2) is 30.4 Å². The fourth-order valence-corrected chi connectivity index (χ4v) is 1.76. The number of hydrogen-bond acceptors (Lipinski definition) is 3. The van der Waals surface area contributed by atoms with Crippen molar-refractivity contribution in [2.75, 3.05) is 19.6 Å². The quantitative estimate of drug-likeness (QED) is 0.756. The molecule has 1 unspecified atom stereocenters. The second kappa shape index (κ2) is 7.01. The molecular formula is C14H22N2O2. The Morgan fingerprint density at radius 2 is 2.28 bits per heavy atom. The molecule has 1 amide bonds. The average Bonchev–Trinajstić information content (AvgIpc) is 2.80. The van der Waals surface area contributed by atoms with Crippen LogP contribution in [0.5, 0.6) is 0 Å². The molecule has 1 aromatic heterocycles. The van der Waals surface area contributed by atoms with Crippen LogP contribution in [0.2, 0.25) is 0 Å². The monoisotopic (exact) mass is 250 g/mol. The van der Waals surface area contributed by atoms with Crippen molar-refractivity contribution in [2.24, 2.45) is 0 Å². The van der Waals surface area contributed by atoms with Gasteiger partial charge in [-0.1, -0.05) is 19.1 Å². The van der Waals surface area contributed by atoms with E-state index in [1.807, 2.05) is 37.8 Å². The fraction of sp³-hybridized carbons (Fsp3) is 0.500. The molecule has 0 aliphatic heterocycles. The third-order valence-electron chi connectivity index (χ3n) is 2.66. The molecule has 0 fully saturated rings.